The number of para-hydroxylation sites is 1. The van der Waals surface area contributed by atoms with E-state index in [1.807, 2.05) is 25.3 Å². The number of hydrogen-bond acceptors (Lipinski definition) is 3. The summed E-state index contributed by atoms with van der Waals surface area (Å²) in [5, 5.41) is 12.0. The van der Waals surface area contributed by atoms with Crippen molar-refractivity contribution in [3.8, 4) is 11.5 Å². The fourth-order valence-electron chi connectivity index (χ4n) is 3.19. The van der Waals surface area contributed by atoms with Crippen LogP contribution in [0.5, 0.6) is 0 Å². The molecule has 0 fully saturated rings. The highest BCUT2D eigenvalue weighted by Gasteiger charge is 2.10. The molecule has 0 aliphatic rings. The number of fused-ring (bicyclic) bond motifs is 1. The Hall–Kier alpha value is -2.79. The molecule has 3 N–H and O–H groups in total. The summed E-state index contributed by atoms with van der Waals surface area (Å²) in [5.41, 5.74) is 4.67. The second kappa shape index (κ2) is 6.99. The Labute approximate surface area is 146 Å². The number of H-pyrrole nitrogens is 2. The fraction of sp³-hybridized carbons (Fsp3) is 0.250. The quantitative estimate of drug-likeness (QED) is 0.444. The third kappa shape index (κ3) is 3.37. The van der Waals surface area contributed by atoms with Crippen LogP contribution in [-0.2, 0) is 13.0 Å². The van der Waals surface area contributed by atoms with Gasteiger partial charge < -0.3 is 14.7 Å². The van der Waals surface area contributed by atoms with Crippen LogP contribution in [0.4, 0.5) is 0 Å². The molecule has 3 heterocycles. The van der Waals surface area contributed by atoms with Gasteiger partial charge in [-0.05, 0) is 50.1 Å². The van der Waals surface area contributed by atoms with Crippen LogP contribution in [0, 0.1) is 6.92 Å². The van der Waals surface area contributed by atoms with Crippen LogP contribution in [0.1, 0.15) is 23.3 Å². The van der Waals surface area contributed by atoms with Crippen molar-refractivity contribution in [3.05, 3.63) is 65.7 Å². The number of furan rings is 1. The Morgan fingerprint density at radius 2 is 2.04 bits per heavy atom. The summed E-state index contributed by atoms with van der Waals surface area (Å²) in [6, 6.07) is 12.4. The van der Waals surface area contributed by atoms with Crippen molar-refractivity contribution in [2.24, 2.45) is 0 Å². The van der Waals surface area contributed by atoms with Crippen LogP contribution >= 0.6 is 0 Å². The normalized spacial score (nSPS) is 11.4. The minimum atomic E-state index is 0.777. The van der Waals surface area contributed by atoms with E-state index in [1.54, 1.807) is 0 Å². The zero-order valence-electron chi connectivity index (χ0n) is 14.3. The number of aromatic amines is 2. The molecular formula is C20H22N4O. The molecule has 0 saturated carbocycles. The molecule has 0 spiro atoms. The third-order valence-electron chi connectivity index (χ3n) is 4.49. The summed E-state index contributed by atoms with van der Waals surface area (Å²) in [5.74, 6) is 1.74. The van der Waals surface area contributed by atoms with Crippen LogP contribution in [0.2, 0.25) is 0 Å². The summed E-state index contributed by atoms with van der Waals surface area (Å²) < 4.78 is 5.68. The van der Waals surface area contributed by atoms with E-state index < -0.39 is 0 Å². The molecule has 0 amide bonds. The average molecular weight is 334 g/mol. The first-order valence-corrected chi connectivity index (χ1v) is 8.66. The van der Waals surface area contributed by atoms with Gasteiger partial charge in [0.1, 0.15) is 11.5 Å². The topological polar surface area (TPSA) is 69.6 Å². The van der Waals surface area contributed by atoms with E-state index in [0.29, 0.717) is 0 Å². The lowest BCUT2D eigenvalue weighted by atomic mass is 10.1. The highest BCUT2D eigenvalue weighted by atomic mass is 16.3. The molecule has 0 atom stereocenters. The number of nitrogens with one attached hydrogen (secondary N) is 3. The van der Waals surface area contributed by atoms with E-state index in [1.165, 1.54) is 16.5 Å². The molecule has 128 valence electrons. The summed E-state index contributed by atoms with van der Waals surface area (Å²) in [4.78, 5) is 3.34. The highest BCUT2D eigenvalue weighted by Crippen LogP contribution is 2.23. The van der Waals surface area contributed by atoms with E-state index in [0.717, 1.165) is 48.7 Å². The minimum absolute atomic E-state index is 0.777. The standard InChI is InChI=1S/C20H22N4O/c1-14-8-9-19(25-14)20-16(13-23-24-20)11-21-10-4-5-15-12-22-18-7-3-2-6-17(15)18/h2-3,6-9,12-13,21-22H,4-5,10-11H2,1H3,(H,23,24). The lowest BCUT2D eigenvalue weighted by Crippen LogP contribution is -2.15. The summed E-state index contributed by atoms with van der Waals surface area (Å²) in [6.45, 7) is 3.68. The Kier molecular flexibility index (Phi) is 4.39. The molecule has 25 heavy (non-hydrogen) atoms. The zero-order valence-corrected chi connectivity index (χ0v) is 14.3. The number of aryl methyl sites for hydroxylation is 2. The summed E-state index contributed by atoms with van der Waals surface area (Å²) in [6.07, 6.45) is 6.14. The van der Waals surface area contributed by atoms with Crippen molar-refractivity contribution in [3.63, 3.8) is 0 Å². The number of benzene rings is 1. The van der Waals surface area contributed by atoms with Gasteiger partial charge in [0.15, 0.2) is 5.76 Å². The van der Waals surface area contributed by atoms with Crippen LogP contribution in [0.15, 0.2) is 53.2 Å². The lowest BCUT2D eigenvalue weighted by molar-refractivity contribution is 0.545. The molecule has 3 aromatic heterocycles. The number of nitrogens with zero attached hydrogens (tertiary/aromatic N) is 1. The second-order valence-electron chi connectivity index (χ2n) is 6.32. The fourth-order valence-corrected chi connectivity index (χ4v) is 3.19. The summed E-state index contributed by atoms with van der Waals surface area (Å²) in [7, 11) is 0. The van der Waals surface area contributed by atoms with Crippen molar-refractivity contribution >= 4 is 10.9 Å². The predicted octanol–water partition coefficient (Wildman–Crippen LogP) is 4.18. The molecule has 4 rings (SSSR count). The Bertz CT molecular complexity index is 963. The maximum absolute atomic E-state index is 5.68. The van der Waals surface area contributed by atoms with Crippen LogP contribution in [-0.4, -0.2) is 21.7 Å². The predicted molar refractivity (Wildman–Crippen MR) is 99.4 cm³/mol. The number of aromatic nitrogens is 3. The molecule has 0 radical (unpaired) electrons. The number of hydrogen-bond donors (Lipinski definition) is 3. The van der Waals surface area contributed by atoms with E-state index in [-0.39, 0.29) is 0 Å². The Balaban J connectivity index is 1.30. The van der Waals surface area contributed by atoms with Gasteiger partial charge in [0, 0.05) is 29.2 Å². The molecule has 4 aromatic rings. The molecular weight excluding hydrogens is 312 g/mol. The maximum atomic E-state index is 5.68. The molecule has 0 aliphatic carbocycles. The monoisotopic (exact) mass is 334 g/mol. The Morgan fingerprint density at radius 3 is 2.92 bits per heavy atom. The van der Waals surface area contributed by atoms with Crippen molar-refractivity contribution in [1.82, 2.24) is 20.5 Å². The maximum Gasteiger partial charge on any atom is 0.152 e. The Morgan fingerprint density at radius 1 is 1.12 bits per heavy atom. The van der Waals surface area contributed by atoms with Gasteiger partial charge in [-0.3, -0.25) is 5.10 Å². The molecule has 5 heteroatoms. The molecule has 0 bridgehead atoms. The van der Waals surface area contributed by atoms with Gasteiger partial charge >= 0.3 is 0 Å². The van der Waals surface area contributed by atoms with Crippen LogP contribution in [0.3, 0.4) is 0 Å². The average Bonchev–Trinajstić information content (AvgIpc) is 3.34. The minimum Gasteiger partial charge on any atom is -0.460 e. The van der Waals surface area contributed by atoms with Gasteiger partial charge in [-0.2, -0.15) is 5.10 Å². The van der Waals surface area contributed by atoms with Gasteiger partial charge in [0.05, 0.1) is 6.20 Å². The van der Waals surface area contributed by atoms with Gasteiger partial charge in [0.2, 0.25) is 0 Å². The van der Waals surface area contributed by atoms with Gasteiger partial charge in [-0.1, -0.05) is 18.2 Å². The molecule has 0 unspecified atom stereocenters. The first kappa shape index (κ1) is 15.7. The summed E-state index contributed by atoms with van der Waals surface area (Å²) >= 11 is 0. The van der Waals surface area contributed by atoms with Crippen molar-refractivity contribution in [2.75, 3.05) is 6.54 Å². The van der Waals surface area contributed by atoms with Crippen molar-refractivity contribution in [2.45, 2.75) is 26.3 Å². The second-order valence-corrected chi connectivity index (χ2v) is 6.32. The van der Waals surface area contributed by atoms with Crippen LogP contribution < -0.4 is 5.32 Å². The lowest BCUT2D eigenvalue weighted by Gasteiger charge is -2.05. The van der Waals surface area contributed by atoms with Gasteiger partial charge in [-0.15, -0.1) is 0 Å². The first-order chi connectivity index (χ1) is 12.3. The highest BCUT2D eigenvalue weighted by molar-refractivity contribution is 5.82. The third-order valence-corrected chi connectivity index (χ3v) is 4.49. The van der Waals surface area contributed by atoms with E-state index >= 15 is 0 Å². The molecule has 1 aromatic carbocycles. The van der Waals surface area contributed by atoms with Gasteiger partial charge in [0.25, 0.3) is 0 Å². The largest absolute Gasteiger partial charge is 0.460 e. The van der Waals surface area contributed by atoms with Crippen molar-refractivity contribution < 1.29 is 4.42 Å². The first-order valence-electron chi connectivity index (χ1n) is 8.66. The van der Waals surface area contributed by atoms with Crippen molar-refractivity contribution in [1.29, 1.82) is 0 Å². The SMILES string of the molecule is Cc1ccc(-c2[nH]ncc2CNCCCc2c[nH]c3ccccc23)o1. The van der Waals surface area contributed by atoms with Gasteiger partial charge in [-0.25, -0.2) is 0 Å². The smallest absolute Gasteiger partial charge is 0.152 e. The molecule has 0 aliphatic heterocycles. The van der Waals surface area contributed by atoms with Crippen LogP contribution in [0.25, 0.3) is 22.4 Å². The number of rotatable bonds is 7. The van der Waals surface area contributed by atoms with E-state index in [4.69, 9.17) is 4.42 Å². The van der Waals surface area contributed by atoms with E-state index in [2.05, 4.69) is 51.0 Å². The molecule has 0 saturated heterocycles. The molecule has 5 nitrogen and oxygen atoms in total. The van der Waals surface area contributed by atoms with E-state index in [9.17, 15) is 0 Å². The zero-order chi connectivity index (χ0) is 17.1.